The Hall–Kier alpha value is -2.39. The van der Waals surface area contributed by atoms with Gasteiger partial charge >= 0.3 is 0 Å². The molecule has 1 unspecified atom stereocenters. The minimum Gasteiger partial charge on any atom is -0.352 e. The molecule has 2 aromatic rings. The molecule has 1 atom stereocenters. The first-order chi connectivity index (χ1) is 15.3. The van der Waals surface area contributed by atoms with E-state index in [1.165, 1.54) is 4.90 Å². The molecule has 33 heavy (non-hydrogen) atoms. The van der Waals surface area contributed by atoms with Crippen molar-refractivity contribution in [2.24, 2.45) is 0 Å². The predicted octanol–water partition coefficient (Wildman–Crippen LogP) is 3.77. The summed E-state index contributed by atoms with van der Waals surface area (Å²) in [4.78, 5) is 27.7. The number of sulfonamides is 1. The first-order valence-corrected chi connectivity index (χ1v) is 13.3. The number of hydrogen-bond donors (Lipinski definition) is 1. The number of anilines is 1. The summed E-state index contributed by atoms with van der Waals surface area (Å²) < 4.78 is 27.2. The van der Waals surface area contributed by atoms with Crippen LogP contribution in [0.2, 0.25) is 0 Å². The van der Waals surface area contributed by atoms with E-state index < -0.39 is 28.5 Å². The van der Waals surface area contributed by atoms with Crippen LogP contribution in [0.1, 0.15) is 37.5 Å². The smallest absolute Gasteiger partial charge is 0.244 e. The lowest BCUT2D eigenvalue weighted by atomic mass is 10.1. The summed E-state index contributed by atoms with van der Waals surface area (Å²) in [5, 5.41) is 2.83. The van der Waals surface area contributed by atoms with Gasteiger partial charge in [-0.25, -0.2) is 8.42 Å². The molecule has 7 nitrogen and oxygen atoms in total. The molecule has 0 aliphatic rings. The number of amides is 2. The monoisotopic (exact) mass is 537 g/mol. The Labute approximate surface area is 205 Å². The molecule has 0 saturated carbocycles. The lowest BCUT2D eigenvalue weighted by molar-refractivity contribution is -0.139. The largest absolute Gasteiger partial charge is 0.352 e. The minimum absolute atomic E-state index is 0.0921. The Morgan fingerprint density at radius 1 is 1.03 bits per heavy atom. The number of carbonyl (C=O) groups is 2. The highest BCUT2D eigenvalue weighted by Crippen LogP contribution is 2.22. The van der Waals surface area contributed by atoms with Gasteiger partial charge in [0.1, 0.15) is 12.6 Å². The maximum absolute atomic E-state index is 13.5. The van der Waals surface area contributed by atoms with E-state index in [0.29, 0.717) is 5.69 Å². The Bertz CT molecular complexity index is 1100. The van der Waals surface area contributed by atoms with E-state index in [1.807, 2.05) is 58.0 Å². The maximum atomic E-state index is 13.5. The molecule has 2 rings (SSSR count). The summed E-state index contributed by atoms with van der Waals surface area (Å²) in [5.74, 6) is -0.767. The van der Waals surface area contributed by atoms with Gasteiger partial charge in [-0.2, -0.15) is 0 Å². The standard InChI is InChI=1S/C24H32BrN3O4S/c1-16(2)26-24(30)19(5)27(14-20-8-7-9-21(25)13-20)23(29)15-28(33(6,31)32)22-11-17(3)10-18(4)12-22/h7-13,16,19H,14-15H2,1-6H3,(H,26,30). The lowest BCUT2D eigenvalue weighted by Gasteiger charge is -2.32. The zero-order valence-electron chi connectivity index (χ0n) is 19.9. The fraction of sp³-hybridized carbons (Fsp3) is 0.417. The predicted molar refractivity (Wildman–Crippen MR) is 136 cm³/mol. The van der Waals surface area contributed by atoms with Crippen molar-refractivity contribution < 1.29 is 18.0 Å². The quantitative estimate of drug-likeness (QED) is 0.527. The molecular formula is C24H32BrN3O4S. The number of carbonyl (C=O) groups excluding carboxylic acids is 2. The van der Waals surface area contributed by atoms with E-state index in [4.69, 9.17) is 0 Å². The second kappa shape index (κ2) is 11.2. The Morgan fingerprint density at radius 3 is 2.15 bits per heavy atom. The van der Waals surface area contributed by atoms with Gasteiger partial charge in [-0.3, -0.25) is 13.9 Å². The van der Waals surface area contributed by atoms with E-state index in [-0.39, 0.29) is 18.5 Å². The molecule has 1 N–H and O–H groups in total. The van der Waals surface area contributed by atoms with E-state index in [1.54, 1.807) is 19.1 Å². The summed E-state index contributed by atoms with van der Waals surface area (Å²) in [6.07, 6.45) is 1.07. The molecule has 0 aromatic heterocycles. The number of nitrogens with zero attached hydrogens (tertiary/aromatic N) is 2. The van der Waals surface area contributed by atoms with Gasteiger partial charge < -0.3 is 10.2 Å². The highest BCUT2D eigenvalue weighted by atomic mass is 79.9. The van der Waals surface area contributed by atoms with Crippen molar-refractivity contribution in [3.8, 4) is 0 Å². The highest BCUT2D eigenvalue weighted by Gasteiger charge is 2.30. The molecular weight excluding hydrogens is 506 g/mol. The number of nitrogens with one attached hydrogen (secondary N) is 1. The Morgan fingerprint density at radius 2 is 1.64 bits per heavy atom. The van der Waals surface area contributed by atoms with Crippen LogP contribution in [-0.4, -0.2) is 50.0 Å². The van der Waals surface area contributed by atoms with Crippen LogP contribution < -0.4 is 9.62 Å². The van der Waals surface area contributed by atoms with Crippen molar-refractivity contribution >= 4 is 43.5 Å². The zero-order valence-corrected chi connectivity index (χ0v) is 22.3. The summed E-state index contributed by atoms with van der Waals surface area (Å²) in [6.45, 7) is 8.83. The third-order valence-corrected chi connectivity index (χ3v) is 6.65. The van der Waals surface area contributed by atoms with Crippen LogP contribution in [0, 0.1) is 13.8 Å². The number of rotatable bonds is 9. The Balaban J connectivity index is 2.42. The van der Waals surface area contributed by atoms with Crippen LogP contribution in [0.4, 0.5) is 5.69 Å². The highest BCUT2D eigenvalue weighted by molar-refractivity contribution is 9.10. The average Bonchev–Trinajstić information content (AvgIpc) is 2.67. The van der Waals surface area contributed by atoms with Crippen LogP contribution in [0.3, 0.4) is 0 Å². The van der Waals surface area contributed by atoms with Crippen molar-refractivity contribution in [3.05, 3.63) is 63.6 Å². The summed E-state index contributed by atoms with van der Waals surface area (Å²) in [5.41, 5.74) is 3.02. The number of hydrogen-bond acceptors (Lipinski definition) is 4. The van der Waals surface area contributed by atoms with Crippen molar-refractivity contribution in [1.29, 1.82) is 0 Å². The Kier molecular flexibility index (Phi) is 9.08. The maximum Gasteiger partial charge on any atom is 0.244 e. The van der Waals surface area contributed by atoms with Gasteiger partial charge in [-0.1, -0.05) is 34.1 Å². The summed E-state index contributed by atoms with van der Waals surface area (Å²) in [6, 6.07) is 12.0. The fourth-order valence-electron chi connectivity index (χ4n) is 3.53. The van der Waals surface area contributed by atoms with Gasteiger partial charge in [0.05, 0.1) is 11.9 Å². The molecule has 0 heterocycles. The first-order valence-electron chi connectivity index (χ1n) is 10.7. The van der Waals surface area contributed by atoms with Crippen molar-refractivity contribution in [1.82, 2.24) is 10.2 Å². The summed E-state index contributed by atoms with van der Waals surface area (Å²) in [7, 11) is -3.75. The minimum atomic E-state index is -3.75. The van der Waals surface area contributed by atoms with Crippen LogP contribution >= 0.6 is 15.9 Å². The van der Waals surface area contributed by atoms with E-state index in [0.717, 1.165) is 31.7 Å². The van der Waals surface area contributed by atoms with Crippen LogP contribution in [0.15, 0.2) is 46.9 Å². The van der Waals surface area contributed by atoms with E-state index >= 15 is 0 Å². The zero-order chi connectivity index (χ0) is 24.9. The topological polar surface area (TPSA) is 86.8 Å². The lowest BCUT2D eigenvalue weighted by Crippen LogP contribution is -2.52. The van der Waals surface area contributed by atoms with Gasteiger partial charge in [0.25, 0.3) is 0 Å². The van der Waals surface area contributed by atoms with Crippen molar-refractivity contribution in [2.45, 2.75) is 53.2 Å². The molecule has 0 aliphatic carbocycles. The van der Waals surface area contributed by atoms with Crippen molar-refractivity contribution in [2.75, 3.05) is 17.1 Å². The SMILES string of the molecule is Cc1cc(C)cc(N(CC(=O)N(Cc2cccc(Br)c2)C(C)C(=O)NC(C)C)S(C)(=O)=O)c1. The average molecular weight is 539 g/mol. The molecule has 2 aromatic carbocycles. The van der Waals surface area contributed by atoms with Crippen LogP contribution in [-0.2, 0) is 26.2 Å². The summed E-state index contributed by atoms with van der Waals surface area (Å²) >= 11 is 3.43. The van der Waals surface area contributed by atoms with Gasteiger partial charge in [-0.15, -0.1) is 0 Å². The molecule has 0 radical (unpaired) electrons. The number of benzene rings is 2. The number of halogens is 1. The third kappa shape index (κ3) is 7.85. The van der Waals surface area contributed by atoms with E-state index in [9.17, 15) is 18.0 Å². The number of aryl methyl sites for hydroxylation is 2. The molecule has 0 spiro atoms. The normalized spacial score (nSPS) is 12.4. The molecule has 180 valence electrons. The third-order valence-electron chi connectivity index (χ3n) is 5.01. The second-order valence-electron chi connectivity index (χ2n) is 8.61. The molecule has 0 aliphatic heterocycles. The van der Waals surface area contributed by atoms with Gasteiger partial charge in [0.2, 0.25) is 21.8 Å². The molecule has 0 saturated heterocycles. The molecule has 2 amide bonds. The van der Waals surface area contributed by atoms with Crippen LogP contribution in [0.5, 0.6) is 0 Å². The van der Waals surface area contributed by atoms with Crippen LogP contribution in [0.25, 0.3) is 0 Å². The van der Waals surface area contributed by atoms with Gasteiger partial charge in [0.15, 0.2) is 0 Å². The first kappa shape index (κ1) is 26.9. The molecule has 9 heteroatoms. The molecule has 0 fully saturated rings. The van der Waals surface area contributed by atoms with E-state index in [2.05, 4.69) is 21.2 Å². The van der Waals surface area contributed by atoms with Gasteiger partial charge in [0, 0.05) is 17.1 Å². The second-order valence-corrected chi connectivity index (χ2v) is 11.4. The van der Waals surface area contributed by atoms with Gasteiger partial charge in [-0.05, 0) is 75.6 Å². The molecule has 0 bridgehead atoms. The van der Waals surface area contributed by atoms with Crippen molar-refractivity contribution in [3.63, 3.8) is 0 Å². The fourth-order valence-corrected chi connectivity index (χ4v) is 4.81.